The second-order valence-corrected chi connectivity index (χ2v) is 7.01. The van der Waals surface area contributed by atoms with Gasteiger partial charge in [-0.2, -0.15) is 0 Å². The van der Waals surface area contributed by atoms with Gasteiger partial charge in [0.15, 0.2) is 0 Å². The summed E-state index contributed by atoms with van der Waals surface area (Å²) in [4.78, 5) is 4.44. The molecule has 2 fully saturated rings. The van der Waals surface area contributed by atoms with E-state index < -0.39 is 0 Å². The van der Waals surface area contributed by atoms with Gasteiger partial charge in [0.2, 0.25) is 0 Å². The highest BCUT2D eigenvalue weighted by atomic mass is 16.7. The molecule has 0 spiro atoms. The average Bonchev–Trinajstić information content (AvgIpc) is 2.75. The maximum atomic E-state index is 6.03. The molecule has 0 amide bonds. The molecule has 6 nitrogen and oxygen atoms in total. The van der Waals surface area contributed by atoms with Crippen LogP contribution in [0.4, 0.5) is 5.82 Å². The van der Waals surface area contributed by atoms with Crippen molar-refractivity contribution in [3.63, 3.8) is 0 Å². The molecule has 23 heavy (non-hydrogen) atoms. The van der Waals surface area contributed by atoms with Crippen molar-refractivity contribution in [3.8, 4) is 0 Å². The average molecular weight is 320 g/mol. The lowest BCUT2D eigenvalue weighted by Crippen LogP contribution is -2.41. The van der Waals surface area contributed by atoms with Crippen LogP contribution in [0, 0.1) is 0 Å². The van der Waals surface area contributed by atoms with E-state index in [4.69, 9.17) is 18.8 Å². The Labute approximate surface area is 138 Å². The third-order valence-electron chi connectivity index (χ3n) is 4.71. The molecule has 1 unspecified atom stereocenters. The van der Waals surface area contributed by atoms with Crippen LogP contribution in [0.15, 0.2) is 18.3 Å². The van der Waals surface area contributed by atoms with Crippen LogP contribution >= 0.6 is 0 Å². The minimum atomic E-state index is -0.378. The molecule has 1 N–H and O–H groups in total. The third-order valence-corrected chi connectivity index (χ3v) is 4.71. The lowest BCUT2D eigenvalue weighted by molar-refractivity contribution is -0.0819. The van der Waals surface area contributed by atoms with Crippen molar-refractivity contribution >= 4 is 18.4 Å². The van der Waals surface area contributed by atoms with Gasteiger partial charge in [0, 0.05) is 18.2 Å². The van der Waals surface area contributed by atoms with Gasteiger partial charge in [-0.05, 0) is 33.8 Å². The zero-order chi connectivity index (χ0) is 16.5. The molecule has 7 heteroatoms. The first-order valence-electron chi connectivity index (χ1n) is 8.12. The predicted octanol–water partition coefficient (Wildman–Crippen LogP) is 1.21. The molecule has 3 heterocycles. The first-order chi connectivity index (χ1) is 10.9. The number of aromatic nitrogens is 1. The van der Waals surface area contributed by atoms with Crippen LogP contribution in [-0.4, -0.2) is 55.8 Å². The Kier molecular flexibility index (Phi) is 4.64. The number of hydrogen-bond acceptors (Lipinski definition) is 6. The fraction of sp³-hybridized carbons (Fsp3) is 0.688. The standard InChI is InChI=1S/C16H25BN2O4/c1-15(2)16(3,4)23-17(22-15)12-5-6-14(18-9-12)19-10-13-11-20-7-8-21-13/h5-6,9,13H,7-8,10-11H2,1-4H3,(H,18,19). The van der Waals surface area contributed by atoms with E-state index in [1.165, 1.54) is 0 Å². The summed E-state index contributed by atoms with van der Waals surface area (Å²) in [7, 11) is -0.378. The Morgan fingerprint density at radius 2 is 1.91 bits per heavy atom. The summed E-state index contributed by atoms with van der Waals surface area (Å²) in [5.41, 5.74) is 0.242. The van der Waals surface area contributed by atoms with Gasteiger partial charge in [-0.3, -0.25) is 0 Å². The van der Waals surface area contributed by atoms with Gasteiger partial charge in [0.05, 0.1) is 37.1 Å². The van der Waals surface area contributed by atoms with Crippen LogP contribution < -0.4 is 10.8 Å². The number of hydrogen-bond donors (Lipinski definition) is 1. The summed E-state index contributed by atoms with van der Waals surface area (Å²) in [6.45, 7) is 10.8. The summed E-state index contributed by atoms with van der Waals surface area (Å²) in [6, 6.07) is 3.92. The molecule has 2 aliphatic rings. The molecule has 2 saturated heterocycles. The van der Waals surface area contributed by atoms with Gasteiger partial charge < -0.3 is 24.1 Å². The summed E-state index contributed by atoms with van der Waals surface area (Å²) < 4.78 is 23.0. The van der Waals surface area contributed by atoms with E-state index in [0.717, 1.165) is 11.3 Å². The third kappa shape index (κ3) is 3.69. The minimum absolute atomic E-state index is 0.0772. The molecule has 0 bridgehead atoms. The van der Waals surface area contributed by atoms with Crippen LogP contribution in [0.3, 0.4) is 0 Å². The summed E-state index contributed by atoms with van der Waals surface area (Å²) in [5, 5.41) is 3.27. The second kappa shape index (κ2) is 6.40. The number of nitrogens with one attached hydrogen (secondary N) is 1. The van der Waals surface area contributed by atoms with E-state index in [9.17, 15) is 0 Å². The number of nitrogens with zero attached hydrogens (tertiary/aromatic N) is 1. The Morgan fingerprint density at radius 1 is 1.17 bits per heavy atom. The molecule has 1 aromatic rings. The molecule has 0 aromatic carbocycles. The fourth-order valence-corrected chi connectivity index (χ4v) is 2.50. The van der Waals surface area contributed by atoms with Crippen LogP contribution in [0.5, 0.6) is 0 Å². The van der Waals surface area contributed by atoms with Gasteiger partial charge in [-0.1, -0.05) is 6.07 Å². The van der Waals surface area contributed by atoms with Gasteiger partial charge in [0.1, 0.15) is 5.82 Å². The molecule has 0 saturated carbocycles. The van der Waals surface area contributed by atoms with Gasteiger partial charge in [-0.25, -0.2) is 4.98 Å². The Hall–Kier alpha value is -1.15. The Bertz CT molecular complexity index is 513. The minimum Gasteiger partial charge on any atom is -0.399 e. The monoisotopic (exact) mass is 320 g/mol. The number of pyridine rings is 1. The summed E-state index contributed by atoms with van der Waals surface area (Å²) in [6.07, 6.45) is 1.87. The second-order valence-electron chi connectivity index (χ2n) is 7.01. The summed E-state index contributed by atoms with van der Waals surface area (Å²) >= 11 is 0. The van der Waals surface area contributed by atoms with Crippen molar-refractivity contribution in [2.24, 2.45) is 0 Å². The van der Waals surface area contributed by atoms with E-state index in [1.54, 1.807) is 6.20 Å². The molecule has 0 radical (unpaired) electrons. The van der Waals surface area contributed by atoms with E-state index in [1.807, 2.05) is 39.8 Å². The lowest BCUT2D eigenvalue weighted by Gasteiger charge is -2.32. The smallest absolute Gasteiger partial charge is 0.399 e. The maximum Gasteiger partial charge on any atom is 0.496 e. The van der Waals surface area contributed by atoms with Gasteiger partial charge >= 0.3 is 7.12 Å². The van der Waals surface area contributed by atoms with Crippen LogP contribution in [0.2, 0.25) is 0 Å². The molecular weight excluding hydrogens is 295 g/mol. The van der Waals surface area contributed by atoms with Crippen molar-refractivity contribution < 1.29 is 18.8 Å². The zero-order valence-electron chi connectivity index (χ0n) is 14.3. The van der Waals surface area contributed by atoms with Crippen molar-refractivity contribution in [2.45, 2.75) is 45.0 Å². The fourth-order valence-electron chi connectivity index (χ4n) is 2.50. The first kappa shape index (κ1) is 16.7. The highest BCUT2D eigenvalue weighted by Crippen LogP contribution is 2.36. The number of anilines is 1. The van der Waals surface area contributed by atoms with E-state index in [2.05, 4.69) is 10.3 Å². The summed E-state index contributed by atoms with van der Waals surface area (Å²) in [5.74, 6) is 0.805. The van der Waals surface area contributed by atoms with E-state index in [0.29, 0.717) is 26.4 Å². The quantitative estimate of drug-likeness (QED) is 0.842. The topological polar surface area (TPSA) is 61.8 Å². The van der Waals surface area contributed by atoms with Crippen molar-refractivity contribution in [1.29, 1.82) is 0 Å². The first-order valence-corrected chi connectivity index (χ1v) is 8.12. The largest absolute Gasteiger partial charge is 0.496 e. The van der Waals surface area contributed by atoms with Crippen LogP contribution in [0.25, 0.3) is 0 Å². The number of rotatable bonds is 4. The molecular formula is C16H25BN2O4. The lowest BCUT2D eigenvalue weighted by atomic mass is 9.80. The highest BCUT2D eigenvalue weighted by molar-refractivity contribution is 6.62. The highest BCUT2D eigenvalue weighted by Gasteiger charge is 2.51. The SMILES string of the molecule is CC1(C)OB(c2ccc(NCC3COCCO3)nc2)OC1(C)C. The number of ether oxygens (including phenoxy) is 2. The Morgan fingerprint density at radius 3 is 2.48 bits per heavy atom. The van der Waals surface area contributed by atoms with Gasteiger partial charge in [0.25, 0.3) is 0 Å². The van der Waals surface area contributed by atoms with Crippen LogP contribution in [0.1, 0.15) is 27.7 Å². The molecule has 1 aromatic heterocycles. The molecule has 0 aliphatic carbocycles. The predicted molar refractivity (Wildman–Crippen MR) is 89.0 cm³/mol. The zero-order valence-corrected chi connectivity index (χ0v) is 14.3. The van der Waals surface area contributed by atoms with Crippen molar-refractivity contribution in [1.82, 2.24) is 4.98 Å². The maximum absolute atomic E-state index is 6.03. The molecule has 126 valence electrons. The Balaban J connectivity index is 1.57. The van der Waals surface area contributed by atoms with Gasteiger partial charge in [-0.15, -0.1) is 0 Å². The normalized spacial score (nSPS) is 26.3. The van der Waals surface area contributed by atoms with Crippen LogP contribution in [-0.2, 0) is 18.8 Å². The molecule has 2 aliphatic heterocycles. The van der Waals surface area contributed by atoms with E-state index >= 15 is 0 Å². The molecule has 1 atom stereocenters. The van der Waals surface area contributed by atoms with Crippen molar-refractivity contribution in [2.75, 3.05) is 31.7 Å². The van der Waals surface area contributed by atoms with Crippen molar-refractivity contribution in [3.05, 3.63) is 18.3 Å². The van der Waals surface area contributed by atoms with E-state index in [-0.39, 0.29) is 24.4 Å². The molecule has 3 rings (SSSR count).